The van der Waals surface area contributed by atoms with Gasteiger partial charge >= 0.3 is 0 Å². The maximum atomic E-state index is 5.87. The van der Waals surface area contributed by atoms with Crippen LogP contribution in [0.2, 0.25) is 0 Å². The highest BCUT2D eigenvalue weighted by molar-refractivity contribution is 7.98. The van der Waals surface area contributed by atoms with Crippen molar-refractivity contribution in [1.82, 2.24) is 19.7 Å². The number of thioether (sulfide) groups is 1. The molecule has 7 nitrogen and oxygen atoms in total. The summed E-state index contributed by atoms with van der Waals surface area (Å²) in [6, 6.07) is 5.97. The number of fused-ring (bicyclic) bond motifs is 1. The first-order valence-corrected chi connectivity index (χ1v) is 12.2. The van der Waals surface area contributed by atoms with Crippen molar-refractivity contribution < 1.29 is 14.2 Å². The summed E-state index contributed by atoms with van der Waals surface area (Å²) in [6.45, 7) is 2.02. The van der Waals surface area contributed by atoms with Crippen molar-refractivity contribution in [3.8, 4) is 22.1 Å². The molecule has 1 unspecified atom stereocenters. The lowest BCUT2D eigenvalue weighted by Gasteiger charge is -2.14. The monoisotopic (exact) mass is 442 g/mol. The van der Waals surface area contributed by atoms with Gasteiger partial charge < -0.3 is 18.8 Å². The Kier molecular flexibility index (Phi) is 4.89. The second-order valence-corrected chi connectivity index (χ2v) is 9.66. The third kappa shape index (κ3) is 3.70. The molecule has 2 aromatic heterocycles. The van der Waals surface area contributed by atoms with Gasteiger partial charge in [-0.05, 0) is 43.9 Å². The number of hydrogen-bond acceptors (Lipinski definition) is 8. The molecule has 0 amide bonds. The maximum absolute atomic E-state index is 5.87. The topological polar surface area (TPSA) is 71.3 Å². The molecule has 0 radical (unpaired) electrons. The Morgan fingerprint density at radius 3 is 2.93 bits per heavy atom. The lowest BCUT2D eigenvalue weighted by Crippen LogP contribution is -2.17. The predicted octanol–water partition coefficient (Wildman–Crippen LogP) is 4.48. The molecule has 1 saturated carbocycles. The molecule has 1 saturated heterocycles. The molecule has 2 aliphatic heterocycles. The molecule has 3 aromatic rings. The third-order valence-corrected chi connectivity index (χ3v) is 7.56. The van der Waals surface area contributed by atoms with Crippen LogP contribution in [0.15, 0.2) is 28.7 Å². The van der Waals surface area contributed by atoms with Gasteiger partial charge in [-0.2, -0.15) is 0 Å². The van der Waals surface area contributed by atoms with Crippen LogP contribution in [-0.2, 0) is 17.0 Å². The Labute approximate surface area is 182 Å². The molecule has 3 aliphatic rings. The van der Waals surface area contributed by atoms with E-state index in [0.717, 1.165) is 70.5 Å². The van der Waals surface area contributed by atoms with E-state index in [1.807, 2.05) is 18.2 Å². The van der Waals surface area contributed by atoms with Gasteiger partial charge in [0.1, 0.15) is 10.8 Å². The number of benzene rings is 1. The summed E-state index contributed by atoms with van der Waals surface area (Å²) in [5.41, 5.74) is 2.11. The summed E-state index contributed by atoms with van der Waals surface area (Å²) < 4.78 is 19.0. The van der Waals surface area contributed by atoms with E-state index >= 15 is 0 Å². The first-order chi connectivity index (χ1) is 14.8. The zero-order valence-corrected chi connectivity index (χ0v) is 18.1. The van der Waals surface area contributed by atoms with Gasteiger partial charge in [0.25, 0.3) is 0 Å². The van der Waals surface area contributed by atoms with Gasteiger partial charge in [-0.1, -0.05) is 11.8 Å². The van der Waals surface area contributed by atoms with E-state index in [9.17, 15) is 0 Å². The van der Waals surface area contributed by atoms with Crippen LogP contribution in [0.5, 0.6) is 11.5 Å². The quantitative estimate of drug-likeness (QED) is 0.500. The first-order valence-electron chi connectivity index (χ1n) is 10.4. The summed E-state index contributed by atoms with van der Waals surface area (Å²) in [5, 5.41) is 13.1. The van der Waals surface area contributed by atoms with Gasteiger partial charge in [-0.25, -0.2) is 4.98 Å². The molecule has 156 valence electrons. The van der Waals surface area contributed by atoms with Crippen molar-refractivity contribution >= 4 is 23.1 Å². The molecule has 1 atom stereocenters. The Bertz CT molecular complexity index is 1060. The fourth-order valence-electron chi connectivity index (χ4n) is 3.89. The summed E-state index contributed by atoms with van der Waals surface area (Å²) in [7, 11) is 0. The van der Waals surface area contributed by atoms with Crippen molar-refractivity contribution in [2.45, 2.75) is 55.2 Å². The first kappa shape index (κ1) is 18.7. The van der Waals surface area contributed by atoms with E-state index in [-0.39, 0.29) is 12.9 Å². The normalized spacial score (nSPS) is 20.2. The van der Waals surface area contributed by atoms with Gasteiger partial charge in [-0.15, -0.1) is 21.5 Å². The van der Waals surface area contributed by atoms with Gasteiger partial charge in [-0.3, -0.25) is 0 Å². The van der Waals surface area contributed by atoms with E-state index in [1.54, 1.807) is 23.1 Å². The molecule has 1 aromatic carbocycles. The predicted molar refractivity (Wildman–Crippen MR) is 114 cm³/mol. The zero-order chi connectivity index (χ0) is 19.9. The highest BCUT2D eigenvalue weighted by Gasteiger charge is 2.31. The largest absolute Gasteiger partial charge is 0.454 e. The number of hydrogen-bond donors (Lipinski definition) is 0. The molecule has 0 bridgehead atoms. The number of aromatic nitrogens is 4. The van der Waals surface area contributed by atoms with Crippen molar-refractivity contribution in [3.63, 3.8) is 0 Å². The van der Waals surface area contributed by atoms with E-state index in [4.69, 9.17) is 19.2 Å². The van der Waals surface area contributed by atoms with Crippen LogP contribution in [0.3, 0.4) is 0 Å². The number of ether oxygens (including phenoxy) is 3. The molecule has 6 rings (SSSR count). The minimum Gasteiger partial charge on any atom is -0.454 e. The standard InChI is InChI=1S/C21H22N4O3S2/c1-2-16(26-7-1)9-25-19(13-3-4-13)23-24-21(25)30-11-15-10-29-20(22-15)14-5-6-17-18(8-14)28-12-27-17/h5-6,8,10,13,16H,1-4,7,9,11-12H2. The smallest absolute Gasteiger partial charge is 0.231 e. The average molecular weight is 443 g/mol. The molecule has 9 heteroatoms. The molecule has 1 aliphatic carbocycles. The van der Waals surface area contributed by atoms with Crippen LogP contribution in [-0.4, -0.2) is 39.3 Å². The highest BCUT2D eigenvalue weighted by atomic mass is 32.2. The van der Waals surface area contributed by atoms with Crippen molar-refractivity contribution in [1.29, 1.82) is 0 Å². The van der Waals surface area contributed by atoms with E-state index < -0.39 is 0 Å². The molecule has 2 fully saturated rings. The number of thiazole rings is 1. The molecular formula is C21H22N4O3S2. The summed E-state index contributed by atoms with van der Waals surface area (Å²) in [6.07, 6.45) is 5.00. The van der Waals surface area contributed by atoms with E-state index in [0.29, 0.717) is 5.92 Å². The molecule has 30 heavy (non-hydrogen) atoms. The van der Waals surface area contributed by atoms with E-state index in [2.05, 4.69) is 20.1 Å². The minimum atomic E-state index is 0.286. The highest BCUT2D eigenvalue weighted by Crippen LogP contribution is 2.41. The van der Waals surface area contributed by atoms with Crippen LogP contribution in [0.1, 0.15) is 43.1 Å². The number of rotatable bonds is 7. The third-order valence-electron chi connectivity index (χ3n) is 5.62. The average Bonchev–Trinajstić information content (AvgIpc) is 3.23. The second kappa shape index (κ2) is 7.86. The van der Waals surface area contributed by atoms with Gasteiger partial charge in [0.2, 0.25) is 6.79 Å². The maximum Gasteiger partial charge on any atom is 0.231 e. The minimum absolute atomic E-state index is 0.286. The van der Waals surface area contributed by atoms with Crippen molar-refractivity contribution in [2.24, 2.45) is 0 Å². The van der Waals surface area contributed by atoms with Crippen molar-refractivity contribution in [2.75, 3.05) is 13.4 Å². The lowest BCUT2D eigenvalue weighted by atomic mass is 10.2. The van der Waals surface area contributed by atoms with Crippen LogP contribution >= 0.6 is 23.1 Å². The lowest BCUT2D eigenvalue weighted by molar-refractivity contribution is 0.0942. The summed E-state index contributed by atoms with van der Waals surface area (Å²) in [5.74, 6) is 4.06. The summed E-state index contributed by atoms with van der Waals surface area (Å²) >= 11 is 3.36. The van der Waals surface area contributed by atoms with Gasteiger partial charge in [0.15, 0.2) is 16.7 Å². The molecule has 4 heterocycles. The Morgan fingerprint density at radius 2 is 2.07 bits per heavy atom. The molecule has 0 N–H and O–H groups in total. The van der Waals surface area contributed by atoms with Gasteiger partial charge in [0, 0.05) is 29.2 Å². The van der Waals surface area contributed by atoms with Crippen LogP contribution < -0.4 is 9.47 Å². The van der Waals surface area contributed by atoms with Crippen LogP contribution in [0.4, 0.5) is 0 Å². The Hall–Kier alpha value is -2.10. The second-order valence-electron chi connectivity index (χ2n) is 7.86. The summed E-state index contributed by atoms with van der Waals surface area (Å²) in [4.78, 5) is 4.83. The Balaban J connectivity index is 1.17. The zero-order valence-electron chi connectivity index (χ0n) is 16.5. The van der Waals surface area contributed by atoms with E-state index in [1.165, 1.54) is 12.8 Å². The fourth-order valence-corrected chi connectivity index (χ4v) is 5.66. The van der Waals surface area contributed by atoms with Gasteiger partial charge in [0.05, 0.1) is 18.3 Å². The molecule has 0 spiro atoms. The van der Waals surface area contributed by atoms with Crippen molar-refractivity contribution in [3.05, 3.63) is 35.1 Å². The van der Waals surface area contributed by atoms with Crippen LogP contribution in [0.25, 0.3) is 10.6 Å². The number of nitrogens with zero attached hydrogens (tertiary/aromatic N) is 4. The SMILES string of the molecule is c1cc2c(cc1-c1nc(CSc3nnc(C4CC4)n3CC3CCCO3)cs1)OCO2. The fraction of sp³-hybridized carbons (Fsp3) is 0.476. The Morgan fingerprint density at radius 1 is 1.13 bits per heavy atom. The van der Waals surface area contributed by atoms with Crippen LogP contribution in [0, 0.1) is 0 Å². The molecular weight excluding hydrogens is 420 g/mol.